The van der Waals surface area contributed by atoms with Gasteiger partial charge in [-0.1, -0.05) is 60.5 Å². The lowest BCUT2D eigenvalue weighted by Crippen LogP contribution is -2.44. The van der Waals surface area contributed by atoms with Gasteiger partial charge in [0, 0.05) is 23.3 Å². The summed E-state index contributed by atoms with van der Waals surface area (Å²) in [5.74, 6) is -0.762. The Morgan fingerprint density at radius 1 is 1.24 bits per heavy atom. The highest BCUT2D eigenvalue weighted by molar-refractivity contribution is 6.32. The highest BCUT2D eigenvalue weighted by atomic mass is 35.5. The van der Waals surface area contributed by atoms with Gasteiger partial charge in [-0.2, -0.15) is 5.26 Å². The minimum Gasteiger partial charge on any atom is -0.480 e. The summed E-state index contributed by atoms with van der Waals surface area (Å²) in [6.45, 7) is 3.35. The Hall–Kier alpha value is -3.46. The number of halogens is 1. The first-order valence-electron chi connectivity index (χ1n) is 11.4. The van der Waals surface area contributed by atoms with E-state index in [1.807, 2.05) is 72.5 Å². The summed E-state index contributed by atoms with van der Waals surface area (Å²) in [4.78, 5) is 18.1. The van der Waals surface area contributed by atoms with Crippen molar-refractivity contribution in [2.75, 3.05) is 6.54 Å². The lowest BCUT2D eigenvalue weighted by Gasteiger charge is -2.33. The Kier molecular flexibility index (Phi) is 7.42. The number of benzene rings is 2. The second-order valence-electron chi connectivity index (χ2n) is 8.55. The van der Waals surface area contributed by atoms with Crippen LogP contribution in [0, 0.1) is 18.3 Å². The molecule has 1 atom stereocenters. The molecular weight excluding hydrogens is 446 g/mol. The Bertz CT molecular complexity index is 1260. The van der Waals surface area contributed by atoms with E-state index in [1.165, 1.54) is 0 Å². The van der Waals surface area contributed by atoms with E-state index in [-0.39, 0.29) is 0 Å². The smallest absolute Gasteiger partial charge is 0.320 e. The Labute approximate surface area is 204 Å². The van der Waals surface area contributed by atoms with Gasteiger partial charge in [0.2, 0.25) is 0 Å². The van der Waals surface area contributed by atoms with Crippen LogP contribution >= 0.6 is 11.6 Å². The molecule has 4 rings (SSSR count). The van der Waals surface area contributed by atoms with E-state index in [9.17, 15) is 15.2 Å². The normalized spacial score (nSPS) is 16.4. The number of aryl methyl sites for hydroxylation is 1. The number of piperidine rings is 1. The van der Waals surface area contributed by atoms with Crippen molar-refractivity contribution in [1.29, 1.82) is 5.26 Å². The number of aliphatic carboxylic acids is 1. The summed E-state index contributed by atoms with van der Waals surface area (Å²) in [7, 11) is 0. The zero-order chi connectivity index (χ0) is 24.1. The van der Waals surface area contributed by atoms with Gasteiger partial charge in [0.1, 0.15) is 12.1 Å². The largest absolute Gasteiger partial charge is 0.480 e. The maximum atomic E-state index is 11.6. The minimum absolute atomic E-state index is 0.445. The van der Waals surface area contributed by atoms with Crippen molar-refractivity contribution in [3.05, 3.63) is 87.7 Å². The van der Waals surface area contributed by atoms with E-state index in [1.54, 1.807) is 6.20 Å². The first-order chi connectivity index (χ1) is 16.5. The van der Waals surface area contributed by atoms with E-state index < -0.39 is 12.0 Å². The van der Waals surface area contributed by atoms with E-state index in [0.29, 0.717) is 29.2 Å². The summed E-state index contributed by atoms with van der Waals surface area (Å²) in [5.41, 5.74) is 5.80. The van der Waals surface area contributed by atoms with Crippen LogP contribution in [0.2, 0.25) is 5.02 Å². The number of carbonyl (C=O) groups is 1. The highest BCUT2D eigenvalue weighted by Crippen LogP contribution is 2.29. The number of nitriles is 1. The topological polar surface area (TPSA) is 77.2 Å². The lowest BCUT2D eigenvalue weighted by molar-refractivity contribution is -0.144. The Balaban J connectivity index is 1.60. The Morgan fingerprint density at radius 3 is 2.76 bits per heavy atom. The molecule has 0 radical (unpaired) electrons. The summed E-state index contributed by atoms with van der Waals surface area (Å²) in [6, 6.07) is 17.4. The van der Waals surface area contributed by atoms with Gasteiger partial charge in [-0.05, 0) is 66.8 Å². The van der Waals surface area contributed by atoms with Crippen molar-refractivity contribution >= 4 is 29.7 Å². The molecule has 1 saturated heterocycles. The number of aromatic nitrogens is 1. The molecule has 1 aliphatic rings. The second-order valence-corrected chi connectivity index (χ2v) is 8.96. The van der Waals surface area contributed by atoms with Gasteiger partial charge in [-0.3, -0.25) is 14.7 Å². The number of nitrogens with zero attached hydrogens (tertiary/aromatic N) is 3. The van der Waals surface area contributed by atoms with Crippen LogP contribution in [0.25, 0.3) is 23.3 Å². The Morgan fingerprint density at radius 2 is 2.03 bits per heavy atom. The molecule has 0 amide bonds. The van der Waals surface area contributed by atoms with Crippen molar-refractivity contribution in [3.8, 4) is 17.2 Å². The zero-order valence-corrected chi connectivity index (χ0v) is 19.8. The molecule has 2 aromatic carbocycles. The molecule has 3 aromatic rings. The molecule has 1 aliphatic heterocycles. The third kappa shape index (κ3) is 5.20. The van der Waals surface area contributed by atoms with Crippen LogP contribution in [0.5, 0.6) is 0 Å². The van der Waals surface area contributed by atoms with E-state index in [4.69, 9.17) is 11.6 Å². The van der Waals surface area contributed by atoms with Crippen molar-refractivity contribution in [1.82, 2.24) is 9.88 Å². The molecule has 2 heterocycles. The average Bonchev–Trinajstić information content (AvgIpc) is 2.85. The first kappa shape index (κ1) is 23.7. The SMILES string of the molecule is Cc1cc(/C=C/c2nccc(-c3ccccc3)c2C#N)c(Cl)cc1CN1CCCCC1C(=O)O. The van der Waals surface area contributed by atoms with Crippen LogP contribution in [-0.2, 0) is 11.3 Å². The van der Waals surface area contributed by atoms with Gasteiger partial charge in [0.25, 0.3) is 0 Å². The standard InChI is InChI=1S/C28H26ClN3O2/c1-19-15-21(25(29)16-22(19)18-32-14-6-5-9-27(32)28(33)34)10-11-26-24(17-30)23(12-13-31-26)20-7-3-2-4-8-20/h2-4,7-8,10-13,15-16,27H,5-6,9,14,18H2,1H3,(H,33,34)/b11-10+. The molecule has 34 heavy (non-hydrogen) atoms. The van der Waals surface area contributed by atoms with Crippen molar-refractivity contribution in [2.24, 2.45) is 0 Å². The molecule has 0 aliphatic carbocycles. The van der Waals surface area contributed by atoms with Crippen LogP contribution in [0.1, 0.15) is 47.2 Å². The molecule has 5 nitrogen and oxygen atoms in total. The molecule has 172 valence electrons. The molecule has 1 N–H and O–H groups in total. The van der Waals surface area contributed by atoms with Gasteiger partial charge < -0.3 is 5.11 Å². The maximum absolute atomic E-state index is 11.6. The fourth-order valence-electron chi connectivity index (χ4n) is 4.47. The summed E-state index contributed by atoms with van der Waals surface area (Å²) >= 11 is 6.61. The van der Waals surface area contributed by atoms with Gasteiger partial charge in [-0.25, -0.2) is 0 Å². The third-order valence-electron chi connectivity index (χ3n) is 6.33. The zero-order valence-electron chi connectivity index (χ0n) is 19.0. The fourth-order valence-corrected chi connectivity index (χ4v) is 4.72. The van der Waals surface area contributed by atoms with E-state index >= 15 is 0 Å². The van der Waals surface area contributed by atoms with Crippen LogP contribution in [0.4, 0.5) is 0 Å². The van der Waals surface area contributed by atoms with Gasteiger partial charge >= 0.3 is 5.97 Å². The summed E-state index contributed by atoms with van der Waals surface area (Å²) < 4.78 is 0. The predicted octanol–water partition coefficient (Wildman–Crippen LogP) is 6.19. The van der Waals surface area contributed by atoms with Gasteiger partial charge in [0.15, 0.2) is 0 Å². The number of rotatable bonds is 6. The lowest BCUT2D eigenvalue weighted by atomic mass is 9.98. The van der Waals surface area contributed by atoms with E-state index in [0.717, 1.165) is 47.2 Å². The summed E-state index contributed by atoms with van der Waals surface area (Å²) in [6.07, 6.45) is 8.03. The highest BCUT2D eigenvalue weighted by Gasteiger charge is 2.28. The first-order valence-corrected chi connectivity index (χ1v) is 11.7. The molecular formula is C28H26ClN3O2. The summed E-state index contributed by atoms with van der Waals surface area (Å²) in [5, 5.41) is 20.0. The number of hydrogen-bond donors (Lipinski definition) is 1. The van der Waals surface area contributed by atoms with Crippen LogP contribution in [0.3, 0.4) is 0 Å². The van der Waals surface area contributed by atoms with Crippen molar-refractivity contribution < 1.29 is 9.90 Å². The third-order valence-corrected chi connectivity index (χ3v) is 6.65. The van der Waals surface area contributed by atoms with Crippen LogP contribution in [-0.4, -0.2) is 33.5 Å². The van der Waals surface area contributed by atoms with Gasteiger partial charge in [-0.15, -0.1) is 0 Å². The molecule has 1 aromatic heterocycles. The molecule has 1 fully saturated rings. The minimum atomic E-state index is -0.762. The van der Waals surface area contributed by atoms with Crippen molar-refractivity contribution in [2.45, 2.75) is 38.8 Å². The number of carboxylic acid groups (broad SMARTS) is 1. The molecule has 0 spiro atoms. The van der Waals surface area contributed by atoms with Crippen LogP contribution in [0.15, 0.2) is 54.7 Å². The second kappa shape index (κ2) is 10.6. The molecule has 6 heteroatoms. The molecule has 1 unspecified atom stereocenters. The van der Waals surface area contributed by atoms with Crippen molar-refractivity contribution in [3.63, 3.8) is 0 Å². The monoisotopic (exact) mass is 471 g/mol. The number of likely N-dealkylation sites (tertiary alicyclic amines) is 1. The predicted molar refractivity (Wildman–Crippen MR) is 135 cm³/mol. The average molecular weight is 472 g/mol. The number of carboxylic acids is 1. The number of pyridine rings is 1. The quantitative estimate of drug-likeness (QED) is 0.463. The number of hydrogen-bond acceptors (Lipinski definition) is 4. The van der Waals surface area contributed by atoms with Gasteiger partial charge in [0.05, 0.1) is 11.3 Å². The van der Waals surface area contributed by atoms with E-state index in [2.05, 4.69) is 11.1 Å². The fraction of sp³-hybridized carbons (Fsp3) is 0.250. The molecule has 0 saturated carbocycles. The maximum Gasteiger partial charge on any atom is 0.320 e. The van der Waals surface area contributed by atoms with Crippen LogP contribution < -0.4 is 0 Å². The molecule has 0 bridgehead atoms.